The first kappa shape index (κ1) is 15.3. The van der Waals surface area contributed by atoms with Gasteiger partial charge in [-0.25, -0.2) is 4.39 Å². The zero-order valence-corrected chi connectivity index (χ0v) is 12.4. The fraction of sp³-hybridized carbons (Fsp3) is 0.500. The van der Waals surface area contributed by atoms with E-state index in [1.807, 2.05) is 6.07 Å². The minimum absolute atomic E-state index is 0.0353. The van der Waals surface area contributed by atoms with Gasteiger partial charge in [-0.15, -0.1) is 11.8 Å². The summed E-state index contributed by atoms with van der Waals surface area (Å²) in [6, 6.07) is 6.66. The molecule has 2 N–H and O–H groups in total. The van der Waals surface area contributed by atoms with Crippen LogP contribution in [-0.4, -0.2) is 55.8 Å². The number of rotatable bonds is 5. The monoisotopic (exact) mass is 297 g/mol. The predicted molar refractivity (Wildman–Crippen MR) is 79.4 cm³/mol. The Hall–Kier alpha value is -1.11. The number of nitrogens with one attached hydrogen (secondary N) is 2. The maximum atomic E-state index is 13.5. The van der Waals surface area contributed by atoms with E-state index in [4.69, 9.17) is 0 Å². The second-order valence-corrected chi connectivity index (χ2v) is 5.79. The van der Waals surface area contributed by atoms with Crippen molar-refractivity contribution in [1.29, 1.82) is 0 Å². The number of halogens is 1. The van der Waals surface area contributed by atoms with Crippen molar-refractivity contribution in [3.8, 4) is 0 Å². The number of hydrogen-bond donors (Lipinski definition) is 2. The molecule has 1 unspecified atom stereocenters. The first-order valence-electron chi connectivity index (χ1n) is 6.76. The molecule has 1 aromatic carbocycles. The molecule has 1 aromatic rings. The van der Waals surface area contributed by atoms with E-state index in [0.717, 1.165) is 25.4 Å². The van der Waals surface area contributed by atoms with Crippen LogP contribution in [-0.2, 0) is 4.79 Å². The van der Waals surface area contributed by atoms with Gasteiger partial charge in [0.2, 0.25) is 5.91 Å². The minimum atomic E-state index is -0.180. The van der Waals surface area contributed by atoms with Gasteiger partial charge in [-0.3, -0.25) is 9.69 Å². The molecular weight excluding hydrogens is 277 g/mol. The zero-order chi connectivity index (χ0) is 14.4. The van der Waals surface area contributed by atoms with Crippen LogP contribution in [0.4, 0.5) is 4.39 Å². The number of hydrogen-bond acceptors (Lipinski definition) is 4. The number of piperazine rings is 1. The summed E-state index contributed by atoms with van der Waals surface area (Å²) in [5.41, 5.74) is 0. The lowest BCUT2D eigenvalue weighted by molar-refractivity contribution is -0.126. The fourth-order valence-corrected chi connectivity index (χ4v) is 3.20. The van der Waals surface area contributed by atoms with E-state index < -0.39 is 0 Å². The number of nitrogens with zero attached hydrogens (tertiary/aromatic N) is 1. The third kappa shape index (κ3) is 3.94. The number of amides is 1. The van der Waals surface area contributed by atoms with Gasteiger partial charge < -0.3 is 10.6 Å². The molecule has 1 aliphatic rings. The maximum absolute atomic E-state index is 13.5. The van der Waals surface area contributed by atoms with Gasteiger partial charge in [-0.2, -0.15) is 0 Å². The van der Waals surface area contributed by atoms with Crippen LogP contribution in [0.5, 0.6) is 0 Å². The molecule has 4 nitrogen and oxygen atoms in total. The molecular formula is C14H20FN3OS. The molecule has 0 bridgehead atoms. The molecule has 1 amide bonds. The van der Waals surface area contributed by atoms with Crippen LogP contribution in [0.1, 0.15) is 0 Å². The molecule has 20 heavy (non-hydrogen) atoms. The largest absolute Gasteiger partial charge is 0.358 e. The molecule has 1 heterocycles. The van der Waals surface area contributed by atoms with Crippen molar-refractivity contribution in [1.82, 2.24) is 15.5 Å². The van der Waals surface area contributed by atoms with Gasteiger partial charge in [0.25, 0.3) is 0 Å². The Labute approximate surface area is 123 Å². The van der Waals surface area contributed by atoms with Gasteiger partial charge >= 0.3 is 0 Å². The molecule has 0 aromatic heterocycles. The first-order valence-corrected chi connectivity index (χ1v) is 7.74. The van der Waals surface area contributed by atoms with E-state index >= 15 is 0 Å². The van der Waals surface area contributed by atoms with E-state index in [0.29, 0.717) is 11.4 Å². The van der Waals surface area contributed by atoms with Gasteiger partial charge in [0.05, 0.1) is 0 Å². The predicted octanol–water partition coefficient (Wildman–Crippen LogP) is 0.938. The Morgan fingerprint density at radius 3 is 3.10 bits per heavy atom. The number of carbonyl (C=O) groups is 1. The van der Waals surface area contributed by atoms with E-state index in [-0.39, 0.29) is 17.8 Å². The SMILES string of the molecule is CNC(=O)C1CNCCN1CCSc1ccccc1F. The highest BCUT2D eigenvalue weighted by molar-refractivity contribution is 7.99. The summed E-state index contributed by atoms with van der Waals surface area (Å²) < 4.78 is 13.5. The van der Waals surface area contributed by atoms with Crippen molar-refractivity contribution < 1.29 is 9.18 Å². The van der Waals surface area contributed by atoms with Crippen LogP contribution >= 0.6 is 11.8 Å². The number of carbonyl (C=O) groups excluding carboxylic acids is 1. The molecule has 0 aliphatic carbocycles. The van der Waals surface area contributed by atoms with Crippen LogP contribution in [0.3, 0.4) is 0 Å². The average Bonchev–Trinajstić information content (AvgIpc) is 2.49. The van der Waals surface area contributed by atoms with Crippen LogP contribution in [0.2, 0.25) is 0 Å². The van der Waals surface area contributed by atoms with E-state index in [1.54, 1.807) is 19.2 Å². The van der Waals surface area contributed by atoms with Crippen LogP contribution < -0.4 is 10.6 Å². The third-order valence-electron chi connectivity index (χ3n) is 3.38. The quantitative estimate of drug-likeness (QED) is 0.794. The normalized spacial score (nSPS) is 19.8. The fourth-order valence-electron chi connectivity index (χ4n) is 2.27. The molecule has 2 rings (SSSR count). The molecule has 0 saturated carbocycles. The lowest BCUT2D eigenvalue weighted by Crippen LogP contribution is -2.57. The Balaban J connectivity index is 1.85. The standard InChI is InChI=1S/C14H20FN3OS/c1-16-14(19)12-10-17-6-7-18(12)8-9-20-13-5-3-2-4-11(13)15/h2-5,12,17H,6-10H2,1H3,(H,16,19). The molecule has 1 fully saturated rings. The van der Waals surface area contributed by atoms with Crippen molar-refractivity contribution in [3.63, 3.8) is 0 Å². The summed E-state index contributed by atoms with van der Waals surface area (Å²) in [5.74, 6) is 0.628. The van der Waals surface area contributed by atoms with Crippen LogP contribution in [0.15, 0.2) is 29.2 Å². The molecule has 0 radical (unpaired) electrons. The summed E-state index contributed by atoms with van der Waals surface area (Å²) in [6.45, 7) is 3.18. The Bertz CT molecular complexity index is 458. The molecule has 110 valence electrons. The van der Waals surface area contributed by atoms with Crippen molar-refractivity contribution in [3.05, 3.63) is 30.1 Å². The van der Waals surface area contributed by atoms with E-state index in [2.05, 4.69) is 15.5 Å². The van der Waals surface area contributed by atoms with Gasteiger partial charge in [-0.05, 0) is 12.1 Å². The second kappa shape index (κ2) is 7.61. The average molecular weight is 297 g/mol. The van der Waals surface area contributed by atoms with E-state index in [1.165, 1.54) is 17.8 Å². The minimum Gasteiger partial charge on any atom is -0.358 e. The number of thioether (sulfide) groups is 1. The van der Waals surface area contributed by atoms with Gasteiger partial charge in [0.15, 0.2) is 0 Å². The molecule has 0 spiro atoms. The Morgan fingerprint density at radius 1 is 1.55 bits per heavy atom. The van der Waals surface area contributed by atoms with Crippen molar-refractivity contribution in [2.24, 2.45) is 0 Å². The summed E-state index contributed by atoms with van der Waals surface area (Å²) in [6.07, 6.45) is 0. The number of benzene rings is 1. The number of likely N-dealkylation sites (N-methyl/N-ethyl adjacent to an activating group) is 1. The Kier molecular flexibility index (Phi) is 5.82. The first-order chi connectivity index (χ1) is 9.72. The lowest BCUT2D eigenvalue weighted by atomic mass is 10.2. The summed E-state index contributed by atoms with van der Waals surface area (Å²) in [7, 11) is 1.66. The third-order valence-corrected chi connectivity index (χ3v) is 4.40. The van der Waals surface area contributed by atoms with Crippen molar-refractivity contribution in [2.75, 3.05) is 39.0 Å². The van der Waals surface area contributed by atoms with Gasteiger partial charge in [-0.1, -0.05) is 12.1 Å². The smallest absolute Gasteiger partial charge is 0.238 e. The molecule has 1 atom stereocenters. The molecule has 6 heteroatoms. The van der Waals surface area contributed by atoms with Crippen molar-refractivity contribution in [2.45, 2.75) is 10.9 Å². The van der Waals surface area contributed by atoms with Gasteiger partial charge in [0, 0.05) is 43.9 Å². The second-order valence-electron chi connectivity index (χ2n) is 4.65. The molecule has 1 aliphatic heterocycles. The topological polar surface area (TPSA) is 44.4 Å². The molecule has 1 saturated heterocycles. The summed E-state index contributed by atoms with van der Waals surface area (Å²) >= 11 is 1.49. The van der Waals surface area contributed by atoms with Gasteiger partial charge in [0.1, 0.15) is 11.9 Å². The summed E-state index contributed by atoms with van der Waals surface area (Å²) in [4.78, 5) is 14.6. The highest BCUT2D eigenvalue weighted by Gasteiger charge is 2.27. The summed E-state index contributed by atoms with van der Waals surface area (Å²) in [5, 5.41) is 5.92. The highest BCUT2D eigenvalue weighted by Crippen LogP contribution is 2.21. The Morgan fingerprint density at radius 2 is 2.35 bits per heavy atom. The maximum Gasteiger partial charge on any atom is 0.238 e. The van der Waals surface area contributed by atoms with Crippen LogP contribution in [0, 0.1) is 5.82 Å². The highest BCUT2D eigenvalue weighted by atomic mass is 32.2. The van der Waals surface area contributed by atoms with E-state index in [9.17, 15) is 9.18 Å². The lowest BCUT2D eigenvalue weighted by Gasteiger charge is -2.34. The zero-order valence-electron chi connectivity index (χ0n) is 11.6. The van der Waals surface area contributed by atoms with Crippen molar-refractivity contribution >= 4 is 17.7 Å². The van der Waals surface area contributed by atoms with Crippen LogP contribution in [0.25, 0.3) is 0 Å².